The first kappa shape index (κ1) is 32.9. The van der Waals surface area contributed by atoms with Crippen molar-refractivity contribution in [2.24, 2.45) is 0 Å². The van der Waals surface area contributed by atoms with E-state index in [0.29, 0.717) is 59.0 Å². The molecule has 0 spiro atoms. The molecule has 1 fully saturated rings. The van der Waals surface area contributed by atoms with Crippen molar-refractivity contribution in [2.45, 2.75) is 12.7 Å². The third-order valence-corrected chi connectivity index (χ3v) is 6.54. The summed E-state index contributed by atoms with van der Waals surface area (Å²) in [5.74, 6) is -1.21. The molecule has 15 heteroatoms. The van der Waals surface area contributed by atoms with Gasteiger partial charge < -0.3 is 24.8 Å². The Morgan fingerprint density at radius 1 is 0.872 bits per heavy atom. The highest BCUT2D eigenvalue weighted by Crippen LogP contribution is 2.15. The fourth-order valence-electron chi connectivity index (χ4n) is 4.11. The van der Waals surface area contributed by atoms with Crippen LogP contribution in [0.5, 0.6) is 5.75 Å². The molecule has 1 aromatic rings. The summed E-state index contributed by atoms with van der Waals surface area (Å²) in [4.78, 5) is 39.1. The van der Waals surface area contributed by atoms with Crippen LogP contribution in [-0.2, 0) is 30.0 Å². The number of ether oxygens (including phenoxy) is 2. The minimum atomic E-state index is -2.80. The molecular weight excluding hydrogens is 535 g/mol. The maximum atomic E-state index is 11.4. The Hall–Kier alpha value is -2.26. The van der Waals surface area contributed by atoms with Crippen LogP contribution in [0.4, 0.5) is 0 Å². The van der Waals surface area contributed by atoms with E-state index in [-0.39, 0.29) is 33.0 Å². The lowest BCUT2D eigenvalue weighted by Crippen LogP contribution is -2.49. The van der Waals surface area contributed by atoms with Gasteiger partial charge in [0.15, 0.2) is 6.73 Å². The van der Waals surface area contributed by atoms with E-state index < -0.39 is 26.3 Å². The first-order valence-corrected chi connectivity index (χ1v) is 13.8. The largest absolute Gasteiger partial charge is 0.696 e. The summed E-state index contributed by atoms with van der Waals surface area (Å²) >= 11 is 0. The van der Waals surface area contributed by atoms with Crippen LogP contribution in [0.15, 0.2) is 24.3 Å². The van der Waals surface area contributed by atoms with E-state index in [1.54, 1.807) is 21.8 Å². The van der Waals surface area contributed by atoms with E-state index in [2.05, 4.69) is 0 Å². The van der Waals surface area contributed by atoms with Crippen molar-refractivity contribution >= 4 is 20.2 Å². The Bertz CT molecular complexity index is 862. The van der Waals surface area contributed by atoms with Crippen molar-refractivity contribution in [1.82, 2.24) is 19.6 Å². The van der Waals surface area contributed by atoms with Crippen LogP contribution >= 0.6 is 8.25 Å². The van der Waals surface area contributed by atoms with Crippen LogP contribution in [0, 0.1) is 0 Å². The van der Waals surface area contributed by atoms with Crippen LogP contribution in [-0.4, -0.2) is 150 Å². The normalized spacial score (nSPS) is 18.6. The van der Waals surface area contributed by atoms with Crippen molar-refractivity contribution in [2.75, 3.05) is 92.4 Å². The first-order chi connectivity index (χ1) is 18.6. The number of hydrogen-bond acceptors (Lipinski definition) is 11. The number of rotatable bonds is 14. The van der Waals surface area contributed by atoms with E-state index in [0.717, 1.165) is 11.3 Å². The molecule has 0 aromatic heterocycles. The highest BCUT2D eigenvalue weighted by Gasteiger charge is 2.22. The van der Waals surface area contributed by atoms with Gasteiger partial charge in [0.2, 0.25) is 0 Å². The summed E-state index contributed by atoms with van der Waals surface area (Å²) < 4.78 is 26.7. The third-order valence-electron chi connectivity index (χ3n) is 6.21. The lowest BCUT2D eigenvalue weighted by atomic mass is 10.2. The average molecular weight is 576 g/mol. The standard InChI is InChI=1S/C24H39N4O10P/c1-36-22-4-2-20(3-5-22)17-37-18-21(29)14-25-6-8-26(15-23(30)31)10-12-28(19-38-39(34)35)13-11-27(9-7-25)16-24(32)33/h2-5,21,29H,6-19H2,1H3,(H2-,30,31,32,33,34,35)/p+1. The zero-order chi connectivity index (χ0) is 28.6. The van der Waals surface area contributed by atoms with Gasteiger partial charge in [-0.2, -0.15) is 0 Å². The fraction of sp³-hybridized carbons (Fsp3) is 0.667. The molecule has 220 valence electrons. The molecule has 0 radical (unpaired) electrons. The molecule has 1 heterocycles. The van der Waals surface area contributed by atoms with Crippen LogP contribution < -0.4 is 4.74 Å². The van der Waals surface area contributed by atoms with Crippen LogP contribution in [0.25, 0.3) is 0 Å². The zero-order valence-corrected chi connectivity index (χ0v) is 23.2. The molecule has 1 aliphatic heterocycles. The number of benzene rings is 1. The number of carbonyl (C=O) groups is 2. The van der Waals surface area contributed by atoms with Gasteiger partial charge in [-0.3, -0.25) is 29.2 Å². The second-order valence-corrected chi connectivity index (χ2v) is 10.0. The van der Waals surface area contributed by atoms with E-state index in [1.807, 2.05) is 29.2 Å². The summed E-state index contributed by atoms with van der Waals surface area (Å²) in [7, 11) is -1.21. The van der Waals surface area contributed by atoms with E-state index >= 15 is 0 Å². The van der Waals surface area contributed by atoms with Gasteiger partial charge in [0.1, 0.15) is 5.75 Å². The number of nitrogens with zero attached hydrogens (tertiary/aromatic N) is 4. The minimum absolute atomic E-state index is 0.0995. The van der Waals surface area contributed by atoms with Gasteiger partial charge in [-0.05, 0) is 17.7 Å². The summed E-state index contributed by atoms with van der Waals surface area (Å²) in [6, 6.07) is 7.43. The molecule has 0 saturated carbocycles. The number of methoxy groups -OCH3 is 1. The Kier molecular flexibility index (Phi) is 15.3. The van der Waals surface area contributed by atoms with E-state index in [4.69, 9.17) is 18.9 Å². The quantitative estimate of drug-likeness (QED) is 0.211. The zero-order valence-electron chi connectivity index (χ0n) is 22.3. The van der Waals surface area contributed by atoms with Crippen LogP contribution in [0.3, 0.4) is 0 Å². The topological polar surface area (TPSA) is 173 Å². The maximum absolute atomic E-state index is 11.4. The van der Waals surface area contributed by atoms with Gasteiger partial charge in [-0.15, -0.1) is 9.42 Å². The summed E-state index contributed by atoms with van der Waals surface area (Å²) in [5.41, 5.74) is 0.938. The van der Waals surface area contributed by atoms with Crippen molar-refractivity contribution in [3.63, 3.8) is 0 Å². The molecule has 14 nitrogen and oxygen atoms in total. The number of β-amino-alcohol motifs (C(OH)–C–C–N with tert-alkyl or cyclic N) is 1. The van der Waals surface area contributed by atoms with Crippen molar-refractivity contribution in [1.29, 1.82) is 0 Å². The van der Waals surface area contributed by atoms with E-state index in [1.165, 1.54) is 0 Å². The molecule has 0 aliphatic carbocycles. The Labute approximate surface area is 229 Å². The monoisotopic (exact) mass is 575 g/mol. The number of carboxylic acids is 2. The second-order valence-electron chi connectivity index (χ2n) is 9.27. The average Bonchev–Trinajstić information content (AvgIpc) is 2.87. The van der Waals surface area contributed by atoms with Crippen molar-refractivity contribution in [3.8, 4) is 5.75 Å². The molecule has 1 aromatic carbocycles. The number of carboxylic acid groups (broad SMARTS) is 2. The first-order valence-electron chi connectivity index (χ1n) is 12.7. The lowest BCUT2D eigenvalue weighted by molar-refractivity contribution is -0.139. The molecule has 2 rings (SSSR count). The highest BCUT2D eigenvalue weighted by atomic mass is 31.1. The predicted molar refractivity (Wildman–Crippen MR) is 141 cm³/mol. The van der Waals surface area contributed by atoms with Crippen LogP contribution in [0.2, 0.25) is 0 Å². The number of aliphatic hydroxyl groups is 1. The molecule has 1 saturated heterocycles. The van der Waals surface area contributed by atoms with Gasteiger partial charge >= 0.3 is 20.2 Å². The minimum Gasteiger partial charge on any atom is -0.497 e. The molecular formula is C24H40N4O10P+. The van der Waals surface area contributed by atoms with Crippen molar-refractivity contribution in [3.05, 3.63) is 29.8 Å². The summed E-state index contributed by atoms with van der Waals surface area (Å²) in [6.45, 7) is 3.32. The Morgan fingerprint density at radius 2 is 1.36 bits per heavy atom. The Morgan fingerprint density at radius 3 is 1.82 bits per heavy atom. The van der Waals surface area contributed by atoms with Gasteiger partial charge in [-0.25, -0.2) is 0 Å². The van der Waals surface area contributed by atoms with Crippen molar-refractivity contribution < 1.29 is 48.4 Å². The number of aliphatic hydroxyl groups excluding tert-OH is 1. The Balaban J connectivity index is 2.00. The molecule has 2 unspecified atom stereocenters. The number of aliphatic carboxylic acids is 2. The third kappa shape index (κ3) is 14.6. The van der Waals surface area contributed by atoms with Gasteiger partial charge in [0, 0.05) is 63.5 Å². The number of hydrogen-bond donors (Lipinski definition) is 4. The summed E-state index contributed by atoms with van der Waals surface area (Å²) in [6.07, 6.45) is -0.801. The van der Waals surface area contributed by atoms with Gasteiger partial charge in [-0.1, -0.05) is 12.1 Å². The molecule has 4 N–H and O–H groups in total. The van der Waals surface area contributed by atoms with Crippen LogP contribution in [0.1, 0.15) is 5.56 Å². The predicted octanol–water partition coefficient (Wildman–Crippen LogP) is -0.413. The second kappa shape index (κ2) is 18.2. The SMILES string of the molecule is COc1ccc(COCC(O)CN2CCN(CC(=O)O)CCN(CO[P+](=O)O)CCN(CC(=O)O)CC2)cc1. The lowest BCUT2D eigenvalue weighted by Gasteiger charge is -2.33. The molecule has 39 heavy (non-hydrogen) atoms. The summed E-state index contributed by atoms with van der Waals surface area (Å²) in [5, 5.41) is 29.4. The molecule has 1 aliphatic rings. The fourth-order valence-corrected chi connectivity index (χ4v) is 4.37. The van der Waals surface area contributed by atoms with Gasteiger partial charge in [0.05, 0.1) is 39.5 Å². The molecule has 0 amide bonds. The molecule has 2 atom stereocenters. The molecule has 0 bridgehead atoms. The van der Waals surface area contributed by atoms with E-state index in [9.17, 15) is 29.5 Å². The highest BCUT2D eigenvalue weighted by molar-refractivity contribution is 7.32. The smallest absolute Gasteiger partial charge is 0.497 e. The maximum Gasteiger partial charge on any atom is 0.696 e. The van der Waals surface area contributed by atoms with Gasteiger partial charge in [0.25, 0.3) is 0 Å².